The zero-order chi connectivity index (χ0) is 35.7. The monoisotopic (exact) mass is 755 g/mol. The van der Waals surface area contributed by atoms with E-state index in [2.05, 4.69) is 28.2 Å². The molecular weight excluding hydrogens is 689 g/mol. The molecule has 2 amide bonds. The fraction of sp³-hybridized carbons (Fsp3) is 0.960. The summed E-state index contributed by atoms with van der Waals surface area (Å²) in [6.45, 7) is 7.73. The first-order valence-corrected chi connectivity index (χ1v) is 25.6. The molecule has 1 aliphatic heterocycles. The van der Waals surface area contributed by atoms with Crippen LogP contribution in [0.2, 0.25) is 0 Å². The van der Waals surface area contributed by atoms with Crippen LogP contribution in [-0.4, -0.2) is 51.1 Å². The maximum Gasteiger partial charge on any atom is 0.236 e. The highest BCUT2D eigenvalue weighted by molar-refractivity contribution is 6.09. The first kappa shape index (κ1) is 30.8. The Morgan fingerprint density at radius 1 is 0.357 bits per heavy atom. The summed E-state index contributed by atoms with van der Waals surface area (Å²) in [6.07, 6.45) is 10.5. The van der Waals surface area contributed by atoms with E-state index in [1.54, 1.807) is 25.7 Å². The Kier molecular flexibility index (Phi) is 5.15. The molecule has 33 unspecified atom stereocenters. The second-order valence-corrected chi connectivity index (χ2v) is 25.7. The van der Waals surface area contributed by atoms with E-state index in [-0.39, 0.29) is 11.8 Å². The zero-order valence-corrected chi connectivity index (χ0v) is 33.6. The molecule has 33 atom stereocenters. The molecule has 56 heavy (non-hydrogen) atoms. The Morgan fingerprint density at radius 3 is 1.21 bits per heavy atom. The maximum absolute atomic E-state index is 15.4. The van der Waals surface area contributed by atoms with Crippen molar-refractivity contribution in [2.24, 2.45) is 201 Å². The van der Waals surface area contributed by atoms with Gasteiger partial charge in [-0.25, -0.2) is 0 Å². The predicted octanol–water partition coefficient (Wildman–Crippen LogP) is 4.71. The Balaban J connectivity index is 0.891. The van der Waals surface area contributed by atoms with Crippen LogP contribution in [0.3, 0.4) is 0 Å². The van der Waals surface area contributed by atoms with Gasteiger partial charge < -0.3 is 21.3 Å². The van der Waals surface area contributed by atoms with Crippen LogP contribution in [0.25, 0.3) is 0 Å². The van der Waals surface area contributed by atoms with Gasteiger partial charge in [0.15, 0.2) is 0 Å². The van der Waals surface area contributed by atoms with E-state index in [0.29, 0.717) is 36.8 Å². The van der Waals surface area contributed by atoms with Crippen molar-refractivity contribution in [3.8, 4) is 0 Å². The van der Waals surface area contributed by atoms with Gasteiger partial charge in [-0.05, 0) is 253 Å². The Hall–Kier alpha value is -1.14. The van der Waals surface area contributed by atoms with Crippen molar-refractivity contribution >= 4 is 11.8 Å². The standard InChI is InChI=1S/C50H66N4O2/c1-15-22-20-7-5-18-16-3-4-17-19-6-8-21-29-27(19)34-25(17)24(16)33-26(18)28(20)35-31(22)32-23(15)45-44-37(36(29)42-40(34)39(33)41(35)43(42)38(32)44)30(21)46-47(45)50(46)48(55)53-13-11-51-9-2-10-52-12-14-54-49(50)56/h15-47,51-52H,2-14H2,1H3,(H,53,55)(H,54,56). The Morgan fingerprint density at radius 2 is 0.696 bits per heavy atom. The number of amides is 2. The van der Waals surface area contributed by atoms with Gasteiger partial charge >= 0.3 is 0 Å². The summed E-state index contributed by atoms with van der Waals surface area (Å²) >= 11 is 0. The normalized spacial score (nSPS) is 73.8. The molecule has 0 aromatic carbocycles. The van der Waals surface area contributed by atoms with Gasteiger partial charge in [0.2, 0.25) is 11.8 Å². The zero-order valence-electron chi connectivity index (χ0n) is 33.6. The summed E-state index contributed by atoms with van der Waals surface area (Å²) in [5, 5.41) is 14.3. The number of nitrogens with one attached hydrogen (secondary N) is 4. The van der Waals surface area contributed by atoms with Crippen LogP contribution in [0.4, 0.5) is 0 Å². The van der Waals surface area contributed by atoms with Crippen LogP contribution in [0.1, 0.15) is 51.9 Å². The van der Waals surface area contributed by atoms with Crippen molar-refractivity contribution in [1.82, 2.24) is 21.3 Å². The van der Waals surface area contributed by atoms with E-state index in [4.69, 9.17) is 0 Å². The highest BCUT2D eigenvalue weighted by atomic mass is 16.2. The fourth-order valence-electron chi connectivity index (χ4n) is 28.4. The van der Waals surface area contributed by atoms with Crippen molar-refractivity contribution in [2.45, 2.75) is 51.9 Å². The van der Waals surface area contributed by atoms with Crippen molar-refractivity contribution < 1.29 is 9.59 Å². The van der Waals surface area contributed by atoms with Gasteiger partial charge in [0.05, 0.1) is 0 Å². The predicted molar refractivity (Wildman–Crippen MR) is 207 cm³/mol. The second-order valence-electron chi connectivity index (χ2n) is 25.7. The maximum atomic E-state index is 15.4. The minimum atomic E-state index is -0.828. The lowest BCUT2D eigenvalue weighted by Gasteiger charge is -2.61. The third-order valence-corrected chi connectivity index (χ3v) is 26.9. The van der Waals surface area contributed by atoms with Gasteiger partial charge in [-0.2, -0.15) is 0 Å². The topological polar surface area (TPSA) is 82.3 Å². The average Bonchev–Trinajstić information content (AvgIpc) is 3.87. The molecule has 1 saturated heterocycles. The fourth-order valence-corrected chi connectivity index (χ4v) is 28.4. The van der Waals surface area contributed by atoms with Crippen molar-refractivity contribution in [2.75, 3.05) is 39.3 Å². The summed E-state index contributed by atoms with van der Waals surface area (Å²) in [5.41, 5.74) is -0.828. The quantitative estimate of drug-likeness (QED) is 0.270. The third kappa shape index (κ3) is 2.69. The highest BCUT2D eigenvalue weighted by Gasteiger charge is 2.94. The van der Waals surface area contributed by atoms with Gasteiger partial charge in [0.25, 0.3) is 0 Å². The second kappa shape index (κ2) is 9.35. The molecule has 18 aliphatic rings. The third-order valence-electron chi connectivity index (χ3n) is 26.9. The molecule has 18 rings (SSSR count). The van der Waals surface area contributed by atoms with Crippen LogP contribution in [-0.2, 0) is 9.59 Å². The molecule has 6 heteroatoms. The molecule has 6 nitrogen and oxygen atoms in total. The Labute approximate surface area is 333 Å². The molecule has 0 aromatic rings. The first-order chi connectivity index (χ1) is 27.7. The lowest BCUT2D eigenvalue weighted by atomic mass is 9.43. The van der Waals surface area contributed by atoms with Crippen molar-refractivity contribution in [1.29, 1.82) is 0 Å². The minimum Gasteiger partial charge on any atom is -0.354 e. The minimum absolute atomic E-state index is 0.165. The summed E-state index contributed by atoms with van der Waals surface area (Å²) in [7, 11) is 0. The number of rotatable bonds is 0. The largest absolute Gasteiger partial charge is 0.354 e. The van der Waals surface area contributed by atoms with Crippen molar-refractivity contribution in [3.63, 3.8) is 0 Å². The van der Waals surface area contributed by atoms with Gasteiger partial charge in [0, 0.05) is 26.2 Å². The number of fused-ring (bicyclic) bond motifs is 10. The summed E-state index contributed by atoms with van der Waals surface area (Å²) < 4.78 is 0. The van der Waals surface area contributed by atoms with E-state index in [1.807, 2.05) is 0 Å². The molecule has 18 fully saturated rings. The number of hydrogen-bond donors (Lipinski definition) is 4. The van der Waals surface area contributed by atoms with Gasteiger partial charge in [-0.3, -0.25) is 9.59 Å². The van der Waals surface area contributed by atoms with E-state index >= 15 is 9.59 Å². The molecule has 17 saturated carbocycles. The SMILES string of the molecule is CC1C2C3CCC4C5CCC6C7CCC8C9C7C7C6C5C5C4C3C3C2C2C1C1C4C2C2C3C5C7C2C9C4C8C2C1C21C(=O)NCCNCCCNCCNC1=O. The van der Waals surface area contributed by atoms with Crippen LogP contribution >= 0.6 is 0 Å². The highest BCUT2D eigenvalue weighted by Crippen LogP contribution is 2.96. The molecule has 0 bridgehead atoms. The molecule has 1 spiro atoms. The molecular formula is C50H66N4O2. The van der Waals surface area contributed by atoms with Gasteiger partial charge in [-0.1, -0.05) is 6.92 Å². The molecule has 1 heterocycles. The Bertz CT molecular complexity index is 1870. The number of carbonyl (C=O) groups excluding carboxylic acids is 2. The summed E-state index contributed by atoms with van der Waals surface area (Å²) in [6, 6.07) is 0. The van der Waals surface area contributed by atoms with E-state index < -0.39 is 5.41 Å². The lowest BCUT2D eigenvalue weighted by Crippen LogP contribution is -2.58. The van der Waals surface area contributed by atoms with Crippen LogP contribution < -0.4 is 21.3 Å². The van der Waals surface area contributed by atoms with E-state index in [0.717, 1.165) is 204 Å². The smallest absolute Gasteiger partial charge is 0.236 e. The van der Waals surface area contributed by atoms with Crippen LogP contribution in [0, 0.1) is 201 Å². The molecule has 4 N–H and O–H groups in total. The molecule has 17 aliphatic carbocycles. The van der Waals surface area contributed by atoms with Crippen LogP contribution in [0.5, 0.6) is 0 Å². The van der Waals surface area contributed by atoms with E-state index in [1.165, 1.54) is 12.8 Å². The first-order valence-electron chi connectivity index (χ1n) is 25.6. The molecule has 298 valence electrons. The number of carbonyl (C=O) groups is 2. The summed E-state index contributed by atoms with van der Waals surface area (Å²) in [4.78, 5) is 30.8. The number of hydrogen-bond acceptors (Lipinski definition) is 4. The summed E-state index contributed by atoms with van der Waals surface area (Å²) in [5.74, 6) is 31.5. The van der Waals surface area contributed by atoms with Gasteiger partial charge in [-0.15, -0.1) is 0 Å². The lowest BCUT2D eigenvalue weighted by molar-refractivity contribution is -0.149. The average molecular weight is 755 g/mol. The van der Waals surface area contributed by atoms with Gasteiger partial charge in [0.1, 0.15) is 5.41 Å². The molecule has 0 aromatic heterocycles. The molecule has 0 radical (unpaired) electrons. The van der Waals surface area contributed by atoms with E-state index in [9.17, 15) is 0 Å². The van der Waals surface area contributed by atoms with Crippen LogP contribution in [0.15, 0.2) is 0 Å². The van der Waals surface area contributed by atoms with Crippen molar-refractivity contribution in [3.05, 3.63) is 0 Å².